The van der Waals surface area contributed by atoms with E-state index in [9.17, 15) is 0 Å². The van der Waals surface area contributed by atoms with Crippen LogP contribution in [0.4, 0.5) is 17.1 Å². The van der Waals surface area contributed by atoms with Gasteiger partial charge in [-0.1, -0.05) is 190 Å². The molecule has 0 radical (unpaired) electrons. The average molecular weight is 882 g/mol. The van der Waals surface area contributed by atoms with Crippen LogP contribution in [0, 0.1) is 0 Å². The van der Waals surface area contributed by atoms with Crippen LogP contribution in [0.5, 0.6) is 0 Å². The molecule has 326 valence electrons. The Morgan fingerprint density at radius 2 is 1.07 bits per heavy atom. The van der Waals surface area contributed by atoms with Crippen molar-refractivity contribution in [2.45, 2.75) is 31.6 Å². The van der Waals surface area contributed by atoms with Crippen molar-refractivity contribution in [1.82, 2.24) is 0 Å². The zero-order valence-corrected chi connectivity index (χ0v) is 38.8. The lowest BCUT2D eigenvalue weighted by Gasteiger charge is -2.32. The summed E-state index contributed by atoms with van der Waals surface area (Å²) in [6.07, 6.45) is 6.63. The number of fused-ring (bicyclic) bond motifs is 15. The average Bonchev–Trinajstić information content (AvgIpc) is 4.08. The second kappa shape index (κ2) is 14.5. The number of para-hydroxylation sites is 2. The number of allylic oxidation sites excluding steroid dienone is 5. The molecule has 0 fully saturated rings. The maximum Gasteiger partial charge on any atom is 0.143 e. The molecule has 10 aromatic carbocycles. The van der Waals surface area contributed by atoms with Crippen molar-refractivity contribution in [1.29, 1.82) is 0 Å². The van der Waals surface area contributed by atoms with E-state index in [2.05, 4.69) is 251 Å². The number of furan rings is 1. The van der Waals surface area contributed by atoms with Gasteiger partial charge in [0.25, 0.3) is 0 Å². The minimum absolute atomic E-state index is 0.115. The molecule has 0 aliphatic heterocycles. The van der Waals surface area contributed by atoms with Gasteiger partial charge in [0, 0.05) is 38.5 Å². The van der Waals surface area contributed by atoms with Crippen LogP contribution >= 0.6 is 0 Å². The third-order valence-corrected chi connectivity index (χ3v) is 15.8. The molecular formula is C67H47NO. The van der Waals surface area contributed by atoms with Gasteiger partial charge in [0.15, 0.2) is 0 Å². The maximum absolute atomic E-state index is 6.85. The normalized spacial score (nSPS) is 14.8. The van der Waals surface area contributed by atoms with Crippen molar-refractivity contribution >= 4 is 66.1 Å². The first kappa shape index (κ1) is 39.7. The first-order valence-corrected chi connectivity index (χ1v) is 24.1. The van der Waals surface area contributed by atoms with Gasteiger partial charge in [0.2, 0.25) is 0 Å². The number of hydrogen-bond acceptors (Lipinski definition) is 2. The van der Waals surface area contributed by atoms with Crippen LogP contribution in [0.1, 0.15) is 54.2 Å². The first-order valence-electron chi connectivity index (χ1n) is 24.1. The molecule has 14 rings (SSSR count). The van der Waals surface area contributed by atoms with Crippen LogP contribution in [0.2, 0.25) is 0 Å². The standard InChI is InChI=1S/C67H47NO/c1-5-18-59-45(6-2)55-39-56-53(40-62(55)67(59)60-28-14-10-21-47(60)48-22-11-15-29-61(48)67)46(51-25-17-26-52-50-24-12-16-30-64(50)69-65(51)52)34-36-63(56)68(43-32-31-41-19-7-8-20-42(41)37-43)44-33-35-58-54(38-44)49-23-9-13-27-57(49)66(58,3)4/h5-40H,2H2,1,3-4H3/b18-5-. The van der Waals surface area contributed by atoms with E-state index < -0.39 is 5.41 Å². The molecule has 0 bridgehead atoms. The summed E-state index contributed by atoms with van der Waals surface area (Å²) in [5, 5.41) is 6.94. The quantitative estimate of drug-likeness (QED) is 0.165. The Kier molecular flexibility index (Phi) is 8.35. The largest absolute Gasteiger partial charge is 0.455 e. The smallest absolute Gasteiger partial charge is 0.143 e. The highest BCUT2D eigenvalue weighted by Gasteiger charge is 2.52. The Balaban J connectivity index is 1.12. The lowest BCUT2D eigenvalue weighted by molar-refractivity contribution is 0.660. The topological polar surface area (TPSA) is 16.4 Å². The molecule has 1 spiro atoms. The highest BCUT2D eigenvalue weighted by molar-refractivity contribution is 6.16. The number of nitrogens with zero attached hydrogens (tertiary/aromatic N) is 1. The number of hydrogen-bond donors (Lipinski definition) is 0. The maximum atomic E-state index is 6.85. The van der Waals surface area contributed by atoms with E-state index in [4.69, 9.17) is 4.42 Å². The minimum Gasteiger partial charge on any atom is -0.455 e. The van der Waals surface area contributed by atoms with Gasteiger partial charge in [-0.25, -0.2) is 0 Å². The predicted molar refractivity (Wildman–Crippen MR) is 290 cm³/mol. The molecule has 2 heteroatoms. The summed E-state index contributed by atoms with van der Waals surface area (Å²) in [4.78, 5) is 2.50. The monoisotopic (exact) mass is 881 g/mol. The van der Waals surface area contributed by atoms with Gasteiger partial charge in [0.05, 0.1) is 11.1 Å². The molecule has 0 atom stereocenters. The molecule has 0 amide bonds. The van der Waals surface area contributed by atoms with Crippen molar-refractivity contribution in [3.05, 3.63) is 264 Å². The highest BCUT2D eigenvalue weighted by atomic mass is 16.3. The van der Waals surface area contributed by atoms with E-state index in [1.807, 2.05) is 0 Å². The van der Waals surface area contributed by atoms with E-state index in [0.29, 0.717) is 0 Å². The Labute approximate surface area is 402 Å². The van der Waals surface area contributed by atoms with Crippen molar-refractivity contribution in [2.75, 3.05) is 4.90 Å². The van der Waals surface area contributed by atoms with E-state index >= 15 is 0 Å². The van der Waals surface area contributed by atoms with E-state index in [1.165, 1.54) is 72.0 Å². The summed E-state index contributed by atoms with van der Waals surface area (Å²) in [6, 6.07) is 74.4. The third-order valence-electron chi connectivity index (χ3n) is 15.8. The SMILES string of the molecule is C=CC1=C(/C=C\C)C2(c3cc4c(-c5cccc6c5oc5ccccc56)ccc(N(c5ccc6c(c5)-c5ccccc5C6(C)C)c5ccc6ccccc6c5)c4cc31)c1ccccc1-c1ccccc12. The zero-order chi connectivity index (χ0) is 46.2. The summed E-state index contributed by atoms with van der Waals surface area (Å²) >= 11 is 0. The number of anilines is 3. The summed E-state index contributed by atoms with van der Waals surface area (Å²) in [5.74, 6) is 0. The molecule has 69 heavy (non-hydrogen) atoms. The molecule has 1 heterocycles. The summed E-state index contributed by atoms with van der Waals surface area (Å²) in [6.45, 7) is 11.4. The Hall–Kier alpha value is -8.46. The lowest BCUT2D eigenvalue weighted by atomic mass is 9.69. The van der Waals surface area contributed by atoms with Crippen LogP contribution in [-0.4, -0.2) is 0 Å². The van der Waals surface area contributed by atoms with Gasteiger partial charge in [-0.2, -0.15) is 0 Å². The van der Waals surface area contributed by atoms with Gasteiger partial charge in [0.1, 0.15) is 11.2 Å². The lowest BCUT2D eigenvalue weighted by Crippen LogP contribution is -2.26. The van der Waals surface area contributed by atoms with Crippen LogP contribution < -0.4 is 4.90 Å². The number of rotatable bonds is 6. The highest BCUT2D eigenvalue weighted by Crippen LogP contribution is 2.63. The van der Waals surface area contributed by atoms with E-state index in [-0.39, 0.29) is 5.41 Å². The third kappa shape index (κ3) is 5.32. The van der Waals surface area contributed by atoms with E-state index in [1.54, 1.807) is 0 Å². The van der Waals surface area contributed by atoms with Crippen molar-refractivity contribution in [2.24, 2.45) is 0 Å². The molecular weight excluding hydrogens is 835 g/mol. The van der Waals surface area contributed by atoms with Crippen LogP contribution in [0.15, 0.2) is 235 Å². The van der Waals surface area contributed by atoms with Crippen molar-refractivity contribution < 1.29 is 4.42 Å². The van der Waals surface area contributed by atoms with Crippen LogP contribution in [-0.2, 0) is 10.8 Å². The summed E-state index contributed by atoms with van der Waals surface area (Å²) < 4.78 is 6.85. The van der Waals surface area contributed by atoms with Crippen molar-refractivity contribution in [3.63, 3.8) is 0 Å². The summed E-state index contributed by atoms with van der Waals surface area (Å²) in [5.41, 5.74) is 21.9. The fourth-order valence-corrected chi connectivity index (χ4v) is 12.8. The van der Waals surface area contributed by atoms with Gasteiger partial charge < -0.3 is 9.32 Å². The molecule has 1 aromatic heterocycles. The van der Waals surface area contributed by atoms with Gasteiger partial charge in [-0.05, 0) is 144 Å². The Morgan fingerprint density at radius 3 is 1.84 bits per heavy atom. The van der Waals surface area contributed by atoms with Crippen LogP contribution in [0.3, 0.4) is 0 Å². The van der Waals surface area contributed by atoms with Crippen molar-refractivity contribution in [3.8, 4) is 33.4 Å². The second-order valence-corrected chi connectivity index (χ2v) is 19.5. The molecule has 0 N–H and O–H groups in total. The minimum atomic E-state index is -0.566. The number of benzene rings is 10. The Morgan fingerprint density at radius 1 is 0.449 bits per heavy atom. The predicted octanol–water partition coefficient (Wildman–Crippen LogP) is 18.2. The molecule has 0 saturated heterocycles. The van der Waals surface area contributed by atoms with E-state index in [0.717, 1.165) is 66.5 Å². The first-order chi connectivity index (χ1) is 33.9. The second-order valence-electron chi connectivity index (χ2n) is 19.5. The molecule has 11 aromatic rings. The molecule has 0 unspecified atom stereocenters. The molecule has 2 nitrogen and oxygen atoms in total. The van der Waals surface area contributed by atoms with Crippen LogP contribution in [0.25, 0.3) is 82.4 Å². The van der Waals surface area contributed by atoms with Gasteiger partial charge >= 0.3 is 0 Å². The van der Waals surface area contributed by atoms with Gasteiger partial charge in [-0.3, -0.25) is 0 Å². The Bertz CT molecular complexity index is 4050. The summed E-state index contributed by atoms with van der Waals surface area (Å²) in [7, 11) is 0. The fraction of sp³-hybridized carbons (Fsp3) is 0.0746. The molecule has 0 saturated carbocycles. The zero-order valence-electron chi connectivity index (χ0n) is 38.8. The molecule has 3 aliphatic carbocycles. The molecule has 3 aliphatic rings. The van der Waals surface area contributed by atoms with Gasteiger partial charge in [-0.15, -0.1) is 0 Å². The fourth-order valence-electron chi connectivity index (χ4n) is 12.8.